The van der Waals surface area contributed by atoms with Crippen LogP contribution in [-0.2, 0) is 12.8 Å². The van der Waals surface area contributed by atoms with Crippen molar-refractivity contribution in [3.05, 3.63) is 48.0 Å². The van der Waals surface area contributed by atoms with Crippen molar-refractivity contribution in [2.24, 2.45) is 0 Å². The van der Waals surface area contributed by atoms with E-state index in [1.807, 2.05) is 0 Å². The van der Waals surface area contributed by atoms with Crippen molar-refractivity contribution in [3.63, 3.8) is 0 Å². The van der Waals surface area contributed by atoms with E-state index in [1.54, 1.807) is 6.08 Å². The molecule has 0 bridgehead atoms. The van der Waals surface area contributed by atoms with Gasteiger partial charge in [-0.3, -0.25) is 0 Å². The van der Waals surface area contributed by atoms with Crippen molar-refractivity contribution in [1.82, 2.24) is 0 Å². The molecule has 1 radical (unpaired) electrons. The highest BCUT2D eigenvalue weighted by atomic mass is 14.0. The molecule has 0 amide bonds. The normalized spacial score (nSPS) is 10.3. The molecule has 0 unspecified atom stereocenters. The Balaban J connectivity index is 2.30. The second-order valence-electron chi connectivity index (χ2n) is 4.40. The second-order valence-corrected chi connectivity index (χ2v) is 4.40. The van der Waals surface area contributed by atoms with Crippen molar-refractivity contribution in [2.45, 2.75) is 51.9 Å². The maximum Gasteiger partial charge on any atom is -0.0244 e. The van der Waals surface area contributed by atoms with E-state index in [0.29, 0.717) is 0 Å². The summed E-state index contributed by atoms with van der Waals surface area (Å²) in [5, 5.41) is 0. The summed E-state index contributed by atoms with van der Waals surface area (Å²) in [7, 11) is 0. The van der Waals surface area contributed by atoms with Gasteiger partial charge in [-0.25, -0.2) is 0 Å². The fraction of sp³-hybridized carbons (Fsp3) is 0.500. The van der Waals surface area contributed by atoms with Gasteiger partial charge in [-0.05, 0) is 36.8 Å². The number of hydrogen-bond donors (Lipinski definition) is 0. The molecule has 0 spiro atoms. The van der Waals surface area contributed by atoms with Crippen molar-refractivity contribution in [3.8, 4) is 0 Å². The van der Waals surface area contributed by atoms with E-state index in [4.69, 9.17) is 6.58 Å². The predicted molar refractivity (Wildman–Crippen MR) is 71.5 cm³/mol. The molecule has 1 aromatic carbocycles. The third-order valence-electron chi connectivity index (χ3n) is 2.94. The summed E-state index contributed by atoms with van der Waals surface area (Å²) in [6, 6.07) is 8.99. The first-order chi connectivity index (χ1) is 7.86. The fourth-order valence-corrected chi connectivity index (χ4v) is 1.88. The van der Waals surface area contributed by atoms with E-state index >= 15 is 0 Å². The van der Waals surface area contributed by atoms with Gasteiger partial charge in [-0.1, -0.05) is 63.1 Å². The quantitative estimate of drug-likeness (QED) is 0.550. The van der Waals surface area contributed by atoms with Crippen molar-refractivity contribution in [1.29, 1.82) is 0 Å². The molecular formula is C16H23. The van der Waals surface area contributed by atoms with Crippen LogP contribution in [0.25, 0.3) is 0 Å². The lowest BCUT2D eigenvalue weighted by atomic mass is 10.0. The first kappa shape index (κ1) is 13.0. The van der Waals surface area contributed by atoms with Gasteiger partial charge < -0.3 is 0 Å². The lowest BCUT2D eigenvalue weighted by Gasteiger charge is -2.03. The van der Waals surface area contributed by atoms with Crippen LogP contribution < -0.4 is 0 Å². The third-order valence-corrected chi connectivity index (χ3v) is 2.94. The first-order valence-corrected chi connectivity index (χ1v) is 6.48. The summed E-state index contributed by atoms with van der Waals surface area (Å²) in [5.74, 6) is 0. The Morgan fingerprint density at radius 3 is 2.12 bits per heavy atom. The van der Waals surface area contributed by atoms with Gasteiger partial charge in [0.1, 0.15) is 0 Å². The molecule has 1 rings (SSSR count). The molecule has 1 aromatic rings. The summed E-state index contributed by atoms with van der Waals surface area (Å²) in [4.78, 5) is 0. The van der Waals surface area contributed by atoms with Gasteiger partial charge in [0.2, 0.25) is 0 Å². The predicted octanol–water partition coefficient (Wildman–Crippen LogP) is 4.73. The van der Waals surface area contributed by atoms with Crippen molar-refractivity contribution < 1.29 is 0 Å². The van der Waals surface area contributed by atoms with E-state index in [1.165, 1.54) is 43.2 Å². The van der Waals surface area contributed by atoms with Gasteiger partial charge in [0.15, 0.2) is 0 Å². The van der Waals surface area contributed by atoms with E-state index in [-0.39, 0.29) is 0 Å². The highest BCUT2D eigenvalue weighted by Gasteiger charge is 1.95. The Bertz CT molecular complexity index is 281. The Kier molecular flexibility index (Phi) is 6.64. The van der Waals surface area contributed by atoms with Gasteiger partial charge in [-0.2, -0.15) is 0 Å². The molecule has 0 heteroatoms. The van der Waals surface area contributed by atoms with Crippen LogP contribution in [-0.4, -0.2) is 0 Å². The van der Waals surface area contributed by atoms with Crippen LogP contribution in [0.15, 0.2) is 30.3 Å². The summed E-state index contributed by atoms with van der Waals surface area (Å²) >= 11 is 0. The minimum Gasteiger partial charge on any atom is -0.0842 e. The molecule has 0 saturated heterocycles. The topological polar surface area (TPSA) is 0 Å². The Morgan fingerprint density at radius 1 is 0.938 bits per heavy atom. The SMILES string of the molecule is [CH]=CCCc1ccc(CCCCCC)cc1. The van der Waals surface area contributed by atoms with E-state index in [0.717, 1.165) is 12.8 Å². The monoisotopic (exact) mass is 215 g/mol. The summed E-state index contributed by atoms with van der Waals surface area (Å²) < 4.78 is 0. The van der Waals surface area contributed by atoms with Crippen LogP contribution >= 0.6 is 0 Å². The maximum absolute atomic E-state index is 5.38. The third kappa shape index (κ3) is 5.16. The molecule has 0 heterocycles. The Labute approximate surface area is 100 Å². The molecule has 0 aliphatic heterocycles. The molecule has 0 aliphatic carbocycles. The highest BCUT2D eigenvalue weighted by Crippen LogP contribution is 2.10. The fourth-order valence-electron chi connectivity index (χ4n) is 1.88. The molecule has 0 atom stereocenters. The zero-order valence-electron chi connectivity index (χ0n) is 10.4. The smallest absolute Gasteiger partial charge is 0.0244 e. The lowest BCUT2D eigenvalue weighted by molar-refractivity contribution is 0.667. The largest absolute Gasteiger partial charge is 0.0842 e. The zero-order chi connectivity index (χ0) is 11.6. The van der Waals surface area contributed by atoms with Crippen LogP contribution in [0.2, 0.25) is 0 Å². The Hall–Kier alpha value is -1.04. The van der Waals surface area contributed by atoms with Gasteiger partial charge in [-0.15, -0.1) is 0 Å². The van der Waals surface area contributed by atoms with Gasteiger partial charge in [0.25, 0.3) is 0 Å². The first-order valence-electron chi connectivity index (χ1n) is 6.48. The highest BCUT2D eigenvalue weighted by molar-refractivity contribution is 5.22. The van der Waals surface area contributed by atoms with Crippen LogP contribution in [0.4, 0.5) is 0 Å². The lowest BCUT2D eigenvalue weighted by Crippen LogP contribution is -1.88. The minimum atomic E-state index is 0.968. The van der Waals surface area contributed by atoms with Crippen LogP contribution in [0, 0.1) is 6.58 Å². The molecular weight excluding hydrogens is 192 g/mol. The average molecular weight is 215 g/mol. The number of allylic oxidation sites excluding steroid dienone is 1. The second kappa shape index (κ2) is 8.15. The molecule has 0 aromatic heterocycles. The summed E-state index contributed by atoms with van der Waals surface area (Å²) in [6.07, 6.45) is 10.4. The summed E-state index contributed by atoms with van der Waals surface area (Å²) in [6.45, 7) is 7.63. The molecule has 0 fully saturated rings. The van der Waals surface area contributed by atoms with Gasteiger partial charge >= 0.3 is 0 Å². The van der Waals surface area contributed by atoms with Crippen LogP contribution in [0.3, 0.4) is 0 Å². The van der Waals surface area contributed by atoms with Crippen LogP contribution in [0.5, 0.6) is 0 Å². The van der Waals surface area contributed by atoms with Gasteiger partial charge in [0, 0.05) is 0 Å². The molecule has 16 heavy (non-hydrogen) atoms. The van der Waals surface area contributed by atoms with E-state index in [2.05, 4.69) is 31.2 Å². The number of benzene rings is 1. The minimum absolute atomic E-state index is 0.968. The average Bonchev–Trinajstić information content (AvgIpc) is 2.33. The Morgan fingerprint density at radius 2 is 1.56 bits per heavy atom. The molecule has 0 N–H and O–H groups in total. The van der Waals surface area contributed by atoms with Crippen molar-refractivity contribution in [2.75, 3.05) is 0 Å². The van der Waals surface area contributed by atoms with Crippen molar-refractivity contribution >= 4 is 0 Å². The standard InChI is InChI=1S/C16H23/c1-3-5-7-8-10-16-13-11-15(12-14-16)9-6-4-2/h2,4,11-14H,3,5-10H2,1H3. The number of aryl methyl sites for hydroxylation is 2. The molecule has 0 saturated carbocycles. The summed E-state index contributed by atoms with van der Waals surface area (Å²) in [5.41, 5.74) is 2.86. The zero-order valence-corrected chi connectivity index (χ0v) is 10.4. The van der Waals surface area contributed by atoms with Crippen LogP contribution in [0.1, 0.15) is 50.2 Å². The number of hydrogen-bond acceptors (Lipinski definition) is 0. The molecule has 87 valence electrons. The number of rotatable bonds is 8. The molecule has 0 aliphatic rings. The number of unbranched alkanes of at least 4 members (excludes halogenated alkanes) is 3. The van der Waals surface area contributed by atoms with Gasteiger partial charge in [0.05, 0.1) is 0 Å². The maximum atomic E-state index is 5.38. The van der Waals surface area contributed by atoms with E-state index < -0.39 is 0 Å². The van der Waals surface area contributed by atoms with E-state index in [9.17, 15) is 0 Å². The molecule has 0 nitrogen and oxygen atoms in total.